The number of hydrogen-bond acceptors (Lipinski definition) is 0. The van der Waals surface area contributed by atoms with E-state index in [1.807, 2.05) is 0 Å². The minimum atomic E-state index is 1.08. The zero-order valence-corrected chi connectivity index (χ0v) is 8.86. The SMILES string of the molecule is C1=C\C/C=C\CC/C=C\CC/C=C\C/1. The van der Waals surface area contributed by atoms with Crippen molar-refractivity contribution in [1.82, 2.24) is 0 Å². The van der Waals surface area contributed by atoms with Gasteiger partial charge in [-0.1, -0.05) is 48.6 Å². The van der Waals surface area contributed by atoms with Gasteiger partial charge in [0.25, 0.3) is 0 Å². The number of hydrogen-bond donors (Lipinski definition) is 0. The van der Waals surface area contributed by atoms with Gasteiger partial charge < -0.3 is 0 Å². The van der Waals surface area contributed by atoms with Crippen LogP contribution in [0.4, 0.5) is 0 Å². The highest BCUT2D eigenvalue weighted by Gasteiger charge is 1.80. The Hall–Kier alpha value is -1.04. The largest absolute Gasteiger partial charge is 0.0882 e. The van der Waals surface area contributed by atoms with Gasteiger partial charge in [-0.25, -0.2) is 0 Å². The van der Waals surface area contributed by atoms with Crippen molar-refractivity contribution in [3.05, 3.63) is 48.6 Å². The molecule has 1 aliphatic rings. The first-order chi connectivity index (χ1) is 7.00. The molecule has 0 heteroatoms. The van der Waals surface area contributed by atoms with Crippen LogP contribution in [0.25, 0.3) is 0 Å². The Balaban J connectivity index is 2.34. The molecule has 0 bridgehead atoms. The van der Waals surface area contributed by atoms with Crippen molar-refractivity contribution in [1.29, 1.82) is 0 Å². The zero-order valence-electron chi connectivity index (χ0n) is 8.86. The summed E-state index contributed by atoms with van der Waals surface area (Å²) in [6, 6.07) is 0. The molecule has 0 aliphatic heterocycles. The van der Waals surface area contributed by atoms with Crippen LogP contribution in [0.3, 0.4) is 0 Å². The van der Waals surface area contributed by atoms with Gasteiger partial charge in [-0.15, -0.1) is 0 Å². The van der Waals surface area contributed by atoms with Crippen LogP contribution in [0.5, 0.6) is 0 Å². The molecule has 14 heavy (non-hydrogen) atoms. The molecule has 1 aliphatic carbocycles. The second-order valence-corrected chi connectivity index (χ2v) is 3.51. The fourth-order valence-corrected chi connectivity index (χ4v) is 1.40. The number of rotatable bonds is 0. The second kappa shape index (κ2) is 8.55. The molecule has 0 saturated carbocycles. The van der Waals surface area contributed by atoms with Gasteiger partial charge in [0.1, 0.15) is 0 Å². The van der Waals surface area contributed by atoms with Gasteiger partial charge in [0.15, 0.2) is 0 Å². The van der Waals surface area contributed by atoms with Crippen molar-refractivity contribution < 1.29 is 0 Å². The Labute approximate surface area is 87.7 Å². The second-order valence-electron chi connectivity index (χ2n) is 3.51. The Kier molecular flexibility index (Phi) is 6.74. The molecule has 0 radical (unpaired) electrons. The fraction of sp³-hybridized carbons (Fsp3) is 0.429. The van der Waals surface area contributed by atoms with Crippen LogP contribution in [0.1, 0.15) is 38.5 Å². The standard InChI is InChI=1S/C14H20/c1-2-4-6-8-10-12-14-13-11-9-7-5-3-1/h1-2,5-8,13-14H,3-4,9-12H2/b2-1-,7-5-,8-6-,14-13-. The Morgan fingerprint density at radius 2 is 0.643 bits per heavy atom. The molecule has 0 atom stereocenters. The van der Waals surface area contributed by atoms with E-state index in [0.717, 1.165) is 12.8 Å². The molecule has 0 N–H and O–H groups in total. The van der Waals surface area contributed by atoms with Crippen molar-refractivity contribution in [2.45, 2.75) is 38.5 Å². The summed E-state index contributed by atoms with van der Waals surface area (Å²) in [5, 5.41) is 0. The van der Waals surface area contributed by atoms with E-state index < -0.39 is 0 Å². The summed E-state index contributed by atoms with van der Waals surface area (Å²) < 4.78 is 0. The van der Waals surface area contributed by atoms with Crippen molar-refractivity contribution in [3.8, 4) is 0 Å². The van der Waals surface area contributed by atoms with Crippen LogP contribution in [0.15, 0.2) is 48.6 Å². The van der Waals surface area contributed by atoms with Crippen molar-refractivity contribution >= 4 is 0 Å². The normalized spacial score (nSPS) is 28.6. The van der Waals surface area contributed by atoms with Crippen LogP contribution in [-0.2, 0) is 0 Å². The molecule has 0 amide bonds. The quantitative estimate of drug-likeness (QED) is 0.489. The third kappa shape index (κ3) is 6.47. The highest BCUT2D eigenvalue weighted by atomic mass is 13.9. The summed E-state index contributed by atoms with van der Waals surface area (Å²) >= 11 is 0. The van der Waals surface area contributed by atoms with E-state index in [9.17, 15) is 0 Å². The van der Waals surface area contributed by atoms with Crippen molar-refractivity contribution in [2.24, 2.45) is 0 Å². The summed E-state index contributed by atoms with van der Waals surface area (Å²) in [5.41, 5.74) is 0. The number of allylic oxidation sites excluding steroid dienone is 8. The minimum Gasteiger partial charge on any atom is -0.0882 e. The molecule has 1 rings (SSSR count). The maximum absolute atomic E-state index is 2.29. The lowest BCUT2D eigenvalue weighted by atomic mass is 10.2. The summed E-state index contributed by atoms with van der Waals surface area (Å²) in [5.74, 6) is 0. The predicted octanol–water partition coefficient (Wildman–Crippen LogP) is 4.57. The average molecular weight is 188 g/mol. The van der Waals surface area contributed by atoms with E-state index in [4.69, 9.17) is 0 Å². The van der Waals surface area contributed by atoms with Crippen LogP contribution >= 0.6 is 0 Å². The Morgan fingerprint density at radius 1 is 0.357 bits per heavy atom. The van der Waals surface area contributed by atoms with Gasteiger partial charge in [-0.2, -0.15) is 0 Å². The van der Waals surface area contributed by atoms with Gasteiger partial charge in [0, 0.05) is 0 Å². The van der Waals surface area contributed by atoms with Crippen molar-refractivity contribution in [3.63, 3.8) is 0 Å². The lowest BCUT2D eigenvalue weighted by molar-refractivity contribution is 0.997. The van der Waals surface area contributed by atoms with Gasteiger partial charge in [0.2, 0.25) is 0 Å². The summed E-state index contributed by atoms with van der Waals surface area (Å²) in [4.78, 5) is 0. The van der Waals surface area contributed by atoms with Gasteiger partial charge >= 0.3 is 0 Å². The molecule has 0 aromatic heterocycles. The summed E-state index contributed by atoms with van der Waals surface area (Å²) in [6.45, 7) is 0. The summed E-state index contributed by atoms with van der Waals surface area (Å²) in [6.07, 6.45) is 25.0. The van der Waals surface area contributed by atoms with Crippen LogP contribution in [-0.4, -0.2) is 0 Å². The molecule has 0 aromatic rings. The van der Waals surface area contributed by atoms with E-state index in [-0.39, 0.29) is 0 Å². The van der Waals surface area contributed by atoms with Gasteiger partial charge in [-0.05, 0) is 38.5 Å². The molecular formula is C14H20. The maximum Gasteiger partial charge on any atom is -0.0169 e. The van der Waals surface area contributed by atoms with Gasteiger partial charge in [-0.3, -0.25) is 0 Å². The third-order valence-electron chi connectivity index (χ3n) is 2.21. The smallest absolute Gasteiger partial charge is 0.0169 e. The molecule has 0 unspecified atom stereocenters. The first-order valence-corrected chi connectivity index (χ1v) is 5.60. The fourth-order valence-electron chi connectivity index (χ4n) is 1.40. The lowest BCUT2D eigenvalue weighted by Crippen LogP contribution is -1.70. The van der Waals surface area contributed by atoms with Crippen LogP contribution in [0, 0.1) is 0 Å². The highest BCUT2D eigenvalue weighted by molar-refractivity contribution is 4.99. The summed E-state index contributed by atoms with van der Waals surface area (Å²) in [7, 11) is 0. The first kappa shape index (κ1) is 11.0. The molecule has 0 spiro atoms. The average Bonchev–Trinajstić information content (AvgIpc) is 2.22. The van der Waals surface area contributed by atoms with Crippen LogP contribution in [0.2, 0.25) is 0 Å². The third-order valence-corrected chi connectivity index (χ3v) is 2.21. The van der Waals surface area contributed by atoms with Crippen molar-refractivity contribution in [2.75, 3.05) is 0 Å². The van der Waals surface area contributed by atoms with E-state index in [2.05, 4.69) is 48.6 Å². The monoisotopic (exact) mass is 188 g/mol. The Morgan fingerprint density at radius 3 is 1.07 bits per heavy atom. The van der Waals surface area contributed by atoms with Gasteiger partial charge in [0.05, 0.1) is 0 Å². The minimum absolute atomic E-state index is 1.08. The molecule has 0 heterocycles. The molecule has 0 nitrogen and oxygen atoms in total. The molecular weight excluding hydrogens is 168 g/mol. The predicted molar refractivity (Wildman–Crippen MR) is 64.3 cm³/mol. The topological polar surface area (TPSA) is 0 Å². The lowest BCUT2D eigenvalue weighted by Gasteiger charge is -1.90. The van der Waals surface area contributed by atoms with E-state index in [1.165, 1.54) is 25.7 Å². The molecule has 0 fully saturated rings. The van der Waals surface area contributed by atoms with E-state index >= 15 is 0 Å². The molecule has 76 valence electrons. The Bertz CT molecular complexity index is 204. The highest BCUT2D eigenvalue weighted by Crippen LogP contribution is 2.01. The van der Waals surface area contributed by atoms with Crippen LogP contribution < -0.4 is 0 Å². The maximum atomic E-state index is 2.29. The zero-order chi connectivity index (χ0) is 9.90. The molecule has 0 saturated heterocycles. The first-order valence-electron chi connectivity index (χ1n) is 5.60. The van der Waals surface area contributed by atoms with E-state index in [0.29, 0.717) is 0 Å². The van der Waals surface area contributed by atoms with E-state index in [1.54, 1.807) is 0 Å². The molecule has 0 aromatic carbocycles.